The van der Waals surface area contributed by atoms with Gasteiger partial charge < -0.3 is 5.32 Å². The predicted octanol–water partition coefficient (Wildman–Crippen LogP) is 0.531. The van der Waals surface area contributed by atoms with E-state index in [1.54, 1.807) is 0 Å². The molecule has 0 aromatic carbocycles. The average Bonchev–Trinajstić information content (AvgIpc) is 2.01. The molecule has 2 heteroatoms. The lowest BCUT2D eigenvalue weighted by molar-refractivity contribution is -0.134. The van der Waals surface area contributed by atoms with Gasteiger partial charge in [-0.15, -0.1) is 0 Å². The van der Waals surface area contributed by atoms with Crippen LogP contribution >= 0.6 is 0 Å². The monoisotopic (exact) mass is 137 g/mol. The normalized spacial score (nSPS) is 55.8. The average molecular weight is 137 g/mol. The summed E-state index contributed by atoms with van der Waals surface area (Å²) in [4.78, 5) is 10.9. The number of carbonyl (C=O) groups is 1. The molecule has 1 aliphatic heterocycles. The Morgan fingerprint density at radius 3 is 2.80 bits per heavy atom. The van der Waals surface area contributed by atoms with E-state index in [2.05, 4.69) is 5.32 Å². The van der Waals surface area contributed by atoms with Crippen molar-refractivity contribution in [2.24, 2.45) is 17.8 Å². The van der Waals surface area contributed by atoms with Crippen molar-refractivity contribution in [3.8, 4) is 0 Å². The zero-order valence-corrected chi connectivity index (χ0v) is 5.84. The number of nitrogens with one attached hydrogen (secondary N) is 1. The standard InChI is InChI=1S/C8H11NO/c10-8-6-3-4-1-2-5(4)7(6)9-8/h4-7H,1-3H2,(H,9,10)/t4-,5-,6-,7-/m1/s1. The van der Waals surface area contributed by atoms with Crippen molar-refractivity contribution in [2.45, 2.75) is 25.3 Å². The minimum Gasteiger partial charge on any atom is -0.352 e. The molecule has 0 bridgehead atoms. The second kappa shape index (κ2) is 1.39. The summed E-state index contributed by atoms with van der Waals surface area (Å²) in [5.41, 5.74) is 0. The van der Waals surface area contributed by atoms with E-state index in [0.717, 1.165) is 11.8 Å². The van der Waals surface area contributed by atoms with Crippen LogP contribution in [0.5, 0.6) is 0 Å². The number of β-lactam (4-membered cyclic amide) rings is 1. The molecule has 3 fully saturated rings. The second-order valence-electron chi connectivity index (χ2n) is 3.88. The highest BCUT2D eigenvalue weighted by Gasteiger charge is 2.56. The van der Waals surface area contributed by atoms with Gasteiger partial charge in [-0.1, -0.05) is 0 Å². The van der Waals surface area contributed by atoms with Crippen LogP contribution in [0.1, 0.15) is 19.3 Å². The Balaban J connectivity index is 1.88. The number of amides is 1. The molecule has 0 unspecified atom stereocenters. The zero-order valence-electron chi connectivity index (χ0n) is 5.84. The largest absolute Gasteiger partial charge is 0.352 e. The molecule has 3 aliphatic rings. The van der Waals surface area contributed by atoms with Crippen molar-refractivity contribution in [1.82, 2.24) is 5.32 Å². The summed E-state index contributed by atoms with van der Waals surface area (Å²) >= 11 is 0. The highest BCUT2D eigenvalue weighted by Crippen LogP contribution is 2.52. The second-order valence-corrected chi connectivity index (χ2v) is 3.88. The topological polar surface area (TPSA) is 29.1 Å². The van der Waals surface area contributed by atoms with E-state index in [0.29, 0.717) is 17.9 Å². The maximum absolute atomic E-state index is 10.9. The summed E-state index contributed by atoms with van der Waals surface area (Å²) in [6.07, 6.45) is 3.94. The highest BCUT2D eigenvalue weighted by molar-refractivity contribution is 5.86. The molecular formula is C8H11NO. The van der Waals surface area contributed by atoms with Crippen LogP contribution in [0.25, 0.3) is 0 Å². The number of fused-ring (bicyclic) bond motifs is 3. The third-order valence-electron chi connectivity index (χ3n) is 3.57. The van der Waals surface area contributed by atoms with Gasteiger partial charge in [0.1, 0.15) is 0 Å². The van der Waals surface area contributed by atoms with Gasteiger partial charge in [-0.05, 0) is 31.1 Å². The van der Waals surface area contributed by atoms with Crippen LogP contribution in [0.3, 0.4) is 0 Å². The van der Waals surface area contributed by atoms with Crippen LogP contribution in [-0.4, -0.2) is 11.9 Å². The molecule has 1 saturated heterocycles. The number of rotatable bonds is 0. The van der Waals surface area contributed by atoms with Crippen molar-refractivity contribution in [2.75, 3.05) is 0 Å². The van der Waals surface area contributed by atoms with Crippen LogP contribution in [0, 0.1) is 17.8 Å². The fourth-order valence-corrected chi connectivity index (χ4v) is 2.78. The van der Waals surface area contributed by atoms with Crippen molar-refractivity contribution in [1.29, 1.82) is 0 Å². The maximum atomic E-state index is 10.9. The van der Waals surface area contributed by atoms with Crippen molar-refractivity contribution in [3.63, 3.8) is 0 Å². The van der Waals surface area contributed by atoms with Crippen molar-refractivity contribution < 1.29 is 4.79 Å². The van der Waals surface area contributed by atoms with E-state index in [9.17, 15) is 4.79 Å². The van der Waals surface area contributed by atoms with Crippen LogP contribution in [-0.2, 0) is 4.79 Å². The Morgan fingerprint density at radius 2 is 2.30 bits per heavy atom. The van der Waals surface area contributed by atoms with E-state index in [1.165, 1.54) is 19.3 Å². The summed E-state index contributed by atoms with van der Waals surface area (Å²) in [6.45, 7) is 0. The molecule has 3 rings (SSSR count). The molecule has 1 N–H and O–H groups in total. The van der Waals surface area contributed by atoms with Crippen LogP contribution in [0.2, 0.25) is 0 Å². The first-order valence-electron chi connectivity index (χ1n) is 4.16. The molecule has 1 amide bonds. The first kappa shape index (κ1) is 5.16. The maximum Gasteiger partial charge on any atom is 0.225 e. The summed E-state index contributed by atoms with van der Waals surface area (Å²) < 4.78 is 0. The van der Waals surface area contributed by atoms with Gasteiger partial charge in [0.15, 0.2) is 0 Å². The van der Waals surface area contributed by atoms with Crippen LogP contribution in [0.4, 0.5) is 0 Å². The number of carbonyl (C=O) groups excluding carboxylic acids is 1. The SMILES string of the molecule is O=C1N[C@@H]2[C@@H]3CC[C@@H]3C[C@@H]12. The first-order valence-corrected chi connectivity index (χ1v) is 4.16. The molecule has 0 radical (unpaired) electrons. The van der Waals surface area contributed by atoms with Gasteiger partial charge in [-0.25, -0.2) is 0 Å². The van der Waals surface area contributed by atoms with Crippen LogP contribution < -0.4 is 5.32 Å². The fraction of sp³-hybridized carbons (Fsp3) is 0.875. The third kappa shape index (κ3) is 0.386. The van der Waals surface area contributed by atoms with E-state index < -0.39 is 0 Å². The van der Waals surface area contributed by atoms with Gasteiger partial charge in [0.25, 0.3) is 0 Å². The lowest BCUT2D eigenvalue weighted by Gasteiger charge is -2.38. The Morgan fingerprint density at radius 1 is 1.40 bits per heavy atom. The molecule has 54 valence electrons. The van der Waals surface area contributed by atoms with E-state index in [1.807, 2.05) is 0 Å². The molecule has 2 saturated carbocycles. The lowest BCUT2D eigenvalue weighted by atomic mass is 9.74. The number of hydrogen-bond acceptors (Lipinski definition) is 1. The lowest BCUT2D eigenvalue weighted by Crippen LogP contribution is -2.58. The molecule has 10 heavy (non-hydrogen) atoms. The summed E-state index contributed by atoms with van der Waals surface area (Å²) in [6, 6.07) is 0.603. The van der Waals surface area contributed by atoms with Crippen molar-refractivity contribution in [3.05, 3.63) is 0 Å². The molecule has 0 spiro atoms. The Labute approximate surface area is 60.0 Å². The quantitative estimate of drug-likeness (QED) is 0.485. The summed E-state index contributed by atoms with van der Waals surface area (Å²) in [5, 5.41) is 3.00. The van der Waals surface area contributed by atoms with Gasteiger partial charge in [0.05, 0.1) is 5.92 Å². The number of hydrogen-bond donors (Lipinski definition) is 1. The predicted molar refractivity (Wildman–Crippen MR) is 36.3 cm³/mol. The van der Waals surface area contributed by atoms with Gasteiger partial charge in [0, 0.05) is 6.04 Å². The van der Waals surface area contributed by atoms with Gasteiger partial charge in [-0.2, -0.15) is 0 Å². The Hall–Kier alpha value is -0.530. The van der Waals surface area contributed by atoms with Gasteiger partial charge in [-0.3, -0.25) is 4.79 Å². The minimum absolute atomic E-state index is 0.319. The Bertz CT molecular complexity index is 201. The zero-order chi connectivity index (χ0) is 6.72. The van der Waals surface area contributed by atoms with Gasteiger partial charge in [0.2, 0.25) is 5.91 Å². The smallest absolute Gasteiger partial charge is 0.225 e. The summed E-state index contributed by atoms with van der Waals surface area (Å²) in [7, 11) is 0. The highest BCUT2D eigenvalue weighted by atomic mass is 16.2. The van der Waals surface area contributed by atoms with Gasteiger partial charge >= 0.3 is 0 Å². The molecule has 1 heterocycles. The Kier molecular flexibility index (Phi) is 0.715. The van der Waals surface area contributed by atoms with Crippen LogP contribution in [0.15, 0.2) is 0 Å². The third-order valence-corrected chi connectivity index (χ3v) is 3.57. The van der Waals surface area contributed by atoms with E-state index in [-0.39, 0.29) is 0 Å². The first-order chi connectivity index (χ1) is 4.86. The summed E-state index contributed by atoms with van der Waals surface area (Å²) in [5.74, 6) is 2.54. The van der Waals surface area contributed by atoms with E-state index in [4.69, 9.17) is 0 Å². The molecule has 2 aliphatic carbocycles. The fourth-order valence-electron chi connectivity index (χ4n) is 2.78. The minimum atomic E-state index is 0.319. The molecule has 4 atom stereocenters. The van der Waals surface area contributed by atoms with E-state index >= 15 is 0 Å². The molecule has 0 aromatic heterocycles. The molecular weight excluding hydrogens is 126 g/mol. The molecule has 2 nitrogen and oxygen atoms in total. The van der Waals surface area contributed by atoms with Crippen molar-refractivity contribution >= 4 is 5.91 Å². The molecule has 0 aromatic rings.